The van der Waals surface area contributed by atoms with Crippen molar-refractivity contribution in [1.82, 2.24) is 9.21 Å². The second-order valence-electron chi connectivity index (χ2n) is 7.91. The molecule has 4 rings (SSSR count). The third kappa shape index (κ3) is 5.44. The van der Waals surface area contributed by atoms with E-state index in [1.807, 2.05) is 37.3 Å². The van der Waals surface area contributed by atoms with Gasteiger partial charge in [-0.15, -0.1) is 0 Å². The zero-order chi connectivity index (χ0) is 24.1. The molecular formula is C25H25N3O5S. The highest BCUT2D eigenvalue weighted by atomic mass is 32.2. The van der Waals surface area contributed by atoms with Crippen LogP contribution in [0, 0.1) is 6.92 Å². The summed E-state index contributed by atoms with van der Waals surface area (Å²) in [5.41, 5.74) is 2.53. The number of hydrogen-bond donors (Lipinski definition) is 1. The van der Waals surface area contributed by atoms with Gasteiger partial charge in [-0.05, 0) is 48.4 Å². The van der Waals surface area contributed by atoms with Crippen molar-refractivity contribution in [3.05, 3.63) is 94.8 Å². The Morgan fingerprint density at radius 1 is 0.971 bits per heavy atom. The number of amides is 2. The number of anilines is 1. The molecule has 0 saturated carbocycles. The van der Waals surface area contributed by atoms with Crippen LogP contribution in [0.2, 0.25) is 0 Å². The highest BCUT2D eigenvalue weighted by molar-refractivity contribution is 7.92. The van der Waals surface area contributed by atoms with Crippen molar-refractivity contribution < 1.29 is 22.4 Å². The first-order valence-electron chi connectivity index (χ1n) is 10.8. The van der Waals surface area contributed by atoms with Gasteiger partial charge in [0.2, 0.25) is 10.0 Å². The van der Waals surface area contributed by atoms with Gasteiger partial charge in [0, 0.05) is 42.8 Å². The number of sulfonamides is 1. The first-order valence-corrected chi connectivity index (χ1v) is 12.3. The van der Waals surface area contributed by atoms with Crippen molar-refractivity contribution in [2.24, 2.45) is 0 Å². The van der Waals surface area contributed by atoms with Gasteiger partial charge in [0.05, 0.1) is 6.26 Å². The maximum atomic E-state index is 13.1. The number of furan rings is 1. The molecule has 0 spiro atoms. The summed E-state index contributed by atoms with van der Waals surface area (Å²) in [7, 11) is -3.58. The second-order valence-corrected chi connectivity index (χ2v) is 9.73. The van der Waals surface area contributed by atoms with Crippen molar-refractivity contribution >= 4 is 33.6 Å². The fourth-order valence-corrected chi connectivity index (χ4v) is 4.80. The van der Waals surface area contributed by atoms with Crippen LogP contribution in [0.4, 0.5) is 5.69 Å². The normalized spacial score (nSPS) is 14.9. The molecule has 1 saturated heterocycles. The SMILES string of the molecule is Cc1ccc(C(=O)N2CCN(S(=O)(=O)/C=C/c3ccccc3)CC2)cc1NC(=O)c1ccco1. The van der Waals surface area contributed by atoms with Gasteiger partial charge in [0.1, 0.15) is 0 Å². The number of nitrogens with one attached hydrogen (secondary N) is 1. The van der Waals surface area contributed by atoms with Crippen LogP contribution < -0.4 is 5.32 Å². The van der Waals surface area contributed by atoms with Crippen molar-refractivity contribution in [3.8, 4) is 0 Å². The maximum absolute atomic E-state index is 13.1. The number of carbonyl (C=O) groups excluding carboxylic acids is 2. The Labute approximate surface area is 198 Å². The van der Waals surface area contributed by atoms with Crippen LogP contribution in [0.15, 0.2) is 76.8 Å². The molecule has 0 bridgehead atoms. The predicted octanol–water partition coefficient (Wildman–Crippen LogP) is 3.60. The van der Waals surface area contributed by atoms with Crippen molar-refractivity contribution in [1.29, 1.82) is 0 Å². The van der Waals surface area contributed by atoms with Gasteiger partial charge in [-0.2, -0.15) is 4.31 Å². The maximum Gasteiger partial charge on any atom is 0.291 e. The van der Waals surface area contributed by atoms with Crippen LogP contribution in [0.3, 0.4) is 0 Å². The standard InChI is InChI=1S/C25H25N3O5S/c1-19-9-10-21(18-22(19)26-24(29)23-8-5-16-33-23)25(30)27-12-14-28(15-13-27)34(31,32)17-11-20-6-3-2-4-7-20/h2-11,16-18H,12-15H2,1H3,(H,26,29)/b17-11+. The first-order chi connectivity index (χ1) is 16.3. The number of hydrogen-bond acceptors (Lipinski definition) is 5. The lowest BCUT2D eigenvalue weighted by Crippen LogP contribution is -2.50. The minimum absolute atomic E-state index is 0.176. The molecule has 1 aliphatic rings. The molecule has 0 radical (unpaired) electrons. The molecule has 34 heavy (non-hydrogen) atoms. The summed E-state index contributed by atoms with van der Waals surface area (Å²) < 4.78 is 31.8. The molecule has 2 heterocycles. The van der Waals surface area contributed by atoms with E-state index in [1.54, 1.807) is 41.3 Å². The van der Waals surface area contributed by atoms with E-state index in [0.29, 0.717) is 11.3 Å². The van der Waals surface area contributed by atoms with Gasteiger partial charge in [-0.25, -0.2) is 8.42 Å². The molecule has 1 aliphatic heterocycles. The van der Waals surface area contributed by atoms with Crippen LogP contribution in [0.1, 0.15) is 32.0 Å². The average molecular weight is 480 g/mol. The molecule has 2 amide bonds. The Morgan fingerprint density at radius 3 is 2.38 bits per heavy atom. The van der Waals surface area contributed by atoms with E-state index in [9.17, 15) is 18.0 Å². The van der Waals surface area contributed by atoms with Gasteiger partial charge in [-0.1, -0.05) is 36.4 Å². The summed E-state index contributed by atoms with van der Waals surface area (Å²) >= 11 is 0. The summed E-state index contributed by atoms with van der Waals surface area (Å²) in [4.78, 5) is 27.0. The van der Waals surface area contributed by atoms with Crippen molar-refractivity contribution in [3.63, 3.8) is 0 Å². The van der Waals surface area contributed by atoms with Crippen LogP contribution in [-0.4, -0.2) is 55.6 Å². The smallest absolute Gasteiger partial charge is 0.291 e. The van der Waals surface area contributed by atoms with Crippen LogP contribution in [0.5, 0.6) is 0 Å². The van der Waals surface area contributed by atoms with E-state index < -0.39 is 15.9 Å². The molecular weight excluding hydrogens is 454 g/mol. The van der Waals surface area contributed by atoms with E-state index in [0.717, 1.165) is 11.1 Å². The Bertz CT molecular complexity index is 1290. The fourth-order valence-electron chi connectivity index (χ4n) is 3.62. The molecule has 3 aromatic rings. The largest absolute Gasteiger partial charge is 0.459 e. The minimum atomic E-state index is -3.58. The molecule has 2 aromatic carbocycles. The minimum Gasteiger partial charge on any atom is -0.459 e. The van der Waals surface area contributed by atoms with Gasteiger partial charge in [0.15, 0.2) is 5.76 Å². The van der Waals surface area contributed by atoms with E-state index >= 15 is 0 Å². The molecule has 1 aromatic heterocycles. The molecule has 9 heteroatoms. The van der Waals surface area contributed by atoms with Crippen LogP contribution in [0.25, 0.3) is 6.08 Å². The van der Waals surface area contributed by atoms with E-state index in [2.05, 4.69) is 5.32 Å². The monoisotopic (exact) mass is 479 g/mol. The predicted molar refractivity (Wildman–Crippen MR) is 130 cm³/mol. The van der Waals surface area contributed by atoms with E-state index in [1.165, 1.54) is 16.0 Å². The Kier molecular flexibility index (Phi) is 6.95. The number of benzene rings is 2. The van der Waals surface area contributed by atoms with E-state index in [-0.39, 0.29) is 37.8 Å². The summed E-state index contributed by atoms with van der Waals surface area (Å²) in [5.74, 6) is -0.444. The number of aryl methyl sites for hydroxylation is 1. The Hall–Kier alpha value is -3.69. The highest BCUT2D eigenvalue weighted by Crippen LogP contribution is 2.21. The van der Waals surface area contributed by atoms with Gasteiger partial charge >= 0.3 is 0 Å². The molecule has 8 nitrogen and oxygen atoms in total. The fraction of sp³-hybridized carbons (Fsp3) is 0.200. The second kappa shape index (κ2) is 10.1. The molecule has 1 fully saturated rings. The number of carbonyl (C=O) groups is 2. The van der Waals surface area contributed by atoms with Gasteiger partial charge in [-0.3, -0.25) is 9.59 Å². The molecule has 1 N–H and O–H groups in total. The zero-order valence-electron chi connectivity index (χ0n) is 18.7. The number of piperazine rings is 1. The lowest BCUT2D eigenvalue weighted by molar-refractivity contribution is 0.0698. The number of rotatable bonds is 6. The zero-order valence-corrected chi connectivity index (χ0v) is 19.5. The average Bonchev–Trinajstić information content (AvgIpc) is 3.40. The summed E-state index contributed by atoms with van der Waals surface area (Å²) in [6.45, 7) is 2.80. The molecule has 0 unspecified atom stereocenters. The molecule has 0 atom stereocenters. The summed E-state index contributed by atoms with van der Waals surface area (Å²) in [6.07, 6.45) is 2.98. The quantitative estimate of drug-likeness (QED) is 0.582. The summed E-state index contributed by atoms with van der Waals surface area (Å²) in [5, 5.41) is 3.97. The lowest BCUT2D eigenvalue weighted by Gasteiger charge is -2.33. The van der Waals surface area contributed by atoms with Crippen molar-refractivity contribution in [2.45, 2.75) is 6.92 Å². The van der Waals surface area contributed by atoms with E-state index in [4.69, 9.17) is 4.42 Å². The Balaban J connectivity index is 1.39. The molecule has 176 valence electrons. The van der Waals surface area contributed by atoms with Gasteiger partial charge < -0.3 is 14.6 Å². The lowest BCUT2D eigenvalue weighted by atomic mass is 10.1. The molecule has 0 aliphatic carbocycles. The number of nitrogens with zero attached hydrogens (tertiary/aromatic N) is 2. The van der Waals surface area contributed by atoms with Crippen LogP contribution in [-0.2, 0) is 10.0 Å². The topological polar surface area (TPSA) is 99.9 Å². The van der Waals surface area contributed by atoms with Crippen LogP contribution >= 0.6 is 0 Å². The summed E-state index contributed by atoms with van der Waals surface area (Å²) in [6, 6.07) is 17.5. The first kappa shape index (κ1) is 23.5. The highest BCUT2D eigenvalue weighted by Gasteiger charge is 2.28. The Morgan fingerprint density at radius 2 is 1.71 bits per heavy atom. The van der Waals surface area contributed by atoms with Crippen molar-refractivity contribution in [2.75, 3.05) is 31.5 Å². The van der Waals surface area contributed by atoms with Gasteiger partial charge in [0.25, 0.3) is 11.8 Å². The third-order valence-electron chi connectivity index (χ3n) is 5.60. The third-order valence-corrected chi connectivity index (χ3v) is 7.16.